The van der Waals surface area contributed by atoms with Crippen LogP contribution in [0.15, 0.2) is 187 Å². The SMILES string of the molecule is Brc1ccc2oc3ccc(-n4c5ccccc5c5ccccc54)cc3c2c1.Brc1ccc2oc3ccc(I)cc3c2c1.[C+]1=CC2=C(C=C1)c1ccccc1C2. The fourth-order valence-electron chi connectivity index (χ4n) is 7.82. The van der Waals surface area contributed by atoms with Crippen LogP contribution in [0.1, 0.15) is 11.1 Å². The Balaban J connectivity index is 0.000000112. The van der Waals surface area contributed by atoms with Crippen LogP contribution < -0.4 is 0 Å². The number of benzene rings is 7. The van der Waals surface area contributed by atoms with Crippen LogP contribution in [-0.4, -0.2) is 4.57 Å². The molecule has 0 unspecified atom stereocenters. The number of furan rings is 2. The molecule has 3 nitrogen and oxygen atoms in total. The Morgan fingerprint density at radius 1 is 0.545 bits per heavy atom. The summed E-state index contributed by atoms with van der Waals surface area (Å²) in [5.41, 5.74) is 12.9. The summed E-state index contributed by atoms with van der Waals surface area (Å²) in [4.78, 5) is 0. The van der Waals surface area contributed by atoms with Crippen LogP contribution in [0.4, 0.5) is 0 Å². The summed E-state index contributed by atoms with van der Waals surface area (Å²) in [6.45, 7) is 0. The van der Waals surface area contributed by atoms with Crippen molar-refractivity contribution in [2.24, 2.45) is 0 Å². The van der Waals surface area contributed by atoms with E-state index in [1.807, 2.05) is 36.4 Å². The van der Waals surface area contributed by atoms with Crippen molar-refractivity contribution in [1.82, 2.24) is 4.57 Å². The lowest BCUT2D eigenvalue weighted by molar-refractivity contribution is 0.668. The molecule has 2 aliphatic rings. The van der Waals surface area contributed by atoms with Crippen molar-refractivity contribution in [2.45, 2.75) is 6.42 Å². The lowest BCUT2D eigenvalue weighted by Crippen LogP contribution is -1.93. The number of nitrogens with zero attached hydrogens (tertiary/aromatic N) is 1. The second-order valence-electron chi connectivity index (χ2n) is 13.6. The van der Waals surface area contributed by atoms with E-state index in [2.05, 4.69) is 193 Å². The summed E-state index contributed by atoms with van der Waals surface area (Å²) in [5, 5.41) is 7.14. The lowest BCUT2D eigenvalue weighted by Gasteiger charge is -2.07. The van der Waals surface area contributed by atoms with E-state index in [1.54, 1.807) is 0 Å². The monoisotopic (exact) mass is 948 g/mol. The van der Waals surface area contributed by atoms with Gasteiger partial charge in [0.2, 0.25) is 0 Å². The second kappa shape index (κ2) is 14.1. The van der Waals surface area contributed by atoms with Gasteiger partial charge < -0.3 is 13.4 Å². The summed E-state index contributed by atoms with van der Waals surface area (Å²) in [5.74, 6) is 0. The number of hydrogen-bond acceptors (Lipinski definition) is 2. The van der Waals surface area contributed by atoms with E-state index in [0.717, 1.165) is 59.5 Å². The van der Waals surface area contributed by atoms with Gasteiger partial charge in [0, 0.05) is 68.6 Å². The van der Waals surface area contributed by atoms with Gasteiger partial charge in [-0.15, -0.1) is 0 Å². The topological polar surface area (TPSA) is 31.2 Å². The molecule has 7 aromatic carbocycles. The third-order valence-corrected chi connectivity index (χ3v) is 11.9. The molecule has 0 saturated heterocycles. The Bertz CT molecular complexity index is 3120. The Morgan fingerprint density at radius 3 is 1.76 bits per heavy atom. The van der Waals surface area contributed by atoms with E-state index >= 15 is 0 Å². The summed E-state index contributed by atoms with van der Waals surface area (Å²) in [6, 6.07) is 50.6. The zero-order valence-corrected chi connectivity index (χ0v) is 34.5. The van der Waals surface area contributed by atoms with Crippen LogP contribution in [0.5, 0.6) is 0 Å². The van der Waals surface area contributed by atoms with Gasteiger partial charge in [0.05, 0.1) is 28.3 Å². The largest absolute Gasteiger partial charge is 0.456 e. The first-order valence-corrected chi connectivity index (χ1v) is 20.6. The highest BCUT2D eigenvalue weighted by molar-refractivity contribution is 14.1. The first-order valence-electron chi connectivity index (χ1n) is 17.9. The van der Waals surface area contributed by atoms with E-state index < -0.39 is 0 Å². The van der Waals surface area contributed by atoms with E-state index in [1.165, 1.54) is 53.0 Å². The smallest absolute Gasteiger partial charge is 0.135 e. The Labute approximate surface area is 347 Å². The lowest BCUT2D eigenvalue weighted by atomic mass is 10.0. The predicted octanol–water partition coefficient (Wildman–Crippen LogP) is 15.3. The summed E-state index contributed by atoms with van der Waals surface area (Å²) in [7, 11) is 0. The minimum atomic E-state index is 0.910. The molecule has 12 rings (SSSR count). The van der Waals surface area contributed by atoms with Crippen molar-refractivity contribution in [3.8, 4) is 5.69 Å². The highest BCUT2D eigenvalue weighted by Crippen LogP contribution is 2.37. The normalized spacial score (nSPS) is 12.9. The zero-order valence-electron chi connectivity index (χ0n) is 29.2. The third kappa shape index (κ3) is 6.24. The van der Waals surface area contributed by atoms with Crippen molar-refractivity contribution in [1.29, 1.82) is 0 Å². The van der Waals surface area contributed by atoms with Crippen LogP contribution in [-0.2, 0) is 6.42 Å². The van der Waals surface area contributed by atoms with Crippen molar-refractivity contribution in [3.63, 3.8) is 0 Å². The number of halogens is 3. The number of rotatable bonds is 1. The van der Waals surface area contributed by atoms with Crippen molar-refractivity contribution in [2.75, 3.05) is 0 Å². The van der Waals surface area contributed by atoms with Crippen LogP contribution in [0.3, 0.4) is 0 Å². The van der Waals surface area contributed by atoms with Crippen LogP contribution >= 0.6 is 54.5 Å². The van der Waals surface area contributed by atoms with Crippen molar-refractivity contribution >= 4 is 126 Å². The number of allylic oxidation sites excluding steroid dienone is 6. The molecule has 0 bridgehead atoms. The van der Waals surface area contributed by atoms with Gasteiger partial charge in [-0.3, -0.25) is 0 Å². The molecule has 0 N–H and O–H groups in total. The van der Waals surface area contributed by atoms with Crippen LogP contribution in [0.2, 0.25) is 0 Å². The Hall–Kier alpha value is -5.24. The first-order chi connectivity index (χ1) is 27.0. The minimum absolute atomic E-state index is 0.910. The number of fused-ring (bicyclic) bond motifs is 11. The van der Waals surface area contributed by atoms with E-state index in [4.69, 9.17) is 8.83 Å². The summed E-state index contributed by atoms with van der Waals surface area (Å²) < 4.78 is 17.5. The van der Waals surface area contributed by atoms with Gasteiger partial charge in [-0.1, -0.05) is 92.5 Å². The van der Waals surface area contributed by atoms with Gasteiger partial charge >= 0.3 is 0 Å². The molecular weight excluding hydrogens is 921 g/mol. The Kier molecular flexibility index (Phi) is 8.80. The molecule has 0 fully saturated rings. The van der Waals surface area contributed by atoms with Gasteiger partial charge in [-0.05, 0) is 113 Å². The fraction of sp³-hybridized carbons (Fsp3) is 0.0204. The quantitative estimate of drug-likeness (QED) is 0.121. The molecule has 0 atom stereocenters. The molecule has 262 valence electrons. The van der Waals surface area contributed by atoms with Gasteiger partial charge in [0.25, 0.3) is 0 Å². The van der Waals surface area contributed by atoms with Gasteiger partial charge in [0.1, 0.15) is 34.5 Å². The highest BCUT2D eigenvalue weighted by atomic mass is 127. The standard InChI is InChI=1S/C24H14BrNO.C13H9.C12H6BrIO/c25-15-9-11-23-19(13-15)20-14-16(10-12-24(20)27-23)26-21-7-3-1-5-17(21)18-6-2-4-8-22(18)26;1-3-7-12-10(5-1)9-11-6-2-4-8-13(11)12;13-7-1-3-11-9(5-7)10-6-8(14)2-4-12(10)15-11/h1-14H;1,3-8H,9H2;1-6H/q;+1;. The molecule has 6 heteroatoms. The molecule has 0 amide bonds. The van der Waals surface area contributed by atoms with E-state index in [-0.39, 0.29) is 0 Å². The predicted molar refractivity (Wildman–Crippen MR) is 244 cm³/mol. The molecule has 55 heavy (non-hydrogen) atoms. The maximum atomic E-state index is 6.02. The van der Waals surface area contributed by atoms with Gasteiger partial charge in [0.15, 0.2) is 0 Å². The van der Waals surface area contributed by atoms with Crippen molar-refractivity contribution < 1.29 is 8.83 Å². The molecule has 0 spiro atoms. The van der Waals surface area contributed by atoms with E-state index in [9.17, 15) is 0 Å². The molecule has 10 aromatic rings. The van der Waals surface area contributed by atoms with Crippen LogP contribution in [0.25, 0.3) is 76.9 Å². The summed E-state index contributed by atoms with van der Waals surface area (Å²) in [6.07, 6.45) is 10.4. The summed E-state index contributed by atoms with van der Waals surface area (Å²) >= 11 is 9.37. The maximum Gasteiger partial charge on any atom is 0.135 e. The van der Waals surface area contributed by atoms with Gasteiger partial charge in [-0.25, -0.2) is 0 Å². The number of aromatic nitrogens is 1. The highest BCUT2D eigenvalue weighted by Gasteiger charge is 2.25. The Morgan fingerprint density at radius 2 is 1.09 bits per heavy atom. The number of para-hydroxylation sites is 2. The van der Waals surface area contributed by atoms with Gasteiger partial charge in [-0.2, -0.15) is 0 Å². The average molecular weight is 950 g/mol. The minimum Gasteiger partial charge on any atom is -0.456 e. The molecule has 3 aromatic heterocycles. The molecule has 0 saturated carbocycles. The zero-order chi connectivity index (χ0) is 37.0. The molecular formula is C49H29Br2INO2+. The van der Waals surface area contributed by atoms with Crippen LogP contribution in [0, 0.1) is 9.65 Å². The molecule has 0 radical (unpaired) electrons. The van der Waals surface area contributed by atoms with Crippen molar-refractivity contribution in [3.05, 3.63) is 199 Å². The molecule has 0 aliphatic heterocycles. The van der Waals surface area contributed by atoms with E-state index in [0.29, 0.717) is 0 Å². The second-order valence-corrected chi connectivity index (χ2v) is 16.7. The molecule has 2 aliphatic carbocycles. The average Bonchev–Trinajstić information content (AvgIpc) is 3.97. The fourth-order valence-corrected chi connectivity index (χ4v) is 9.03. The molecule has 3 heterocycles. The first kappa shape index (κ1) is 34.3. The number of hydrogen-bond donors (Lipinski definition) is 0. The maximum absolute atomic E-state index is 6.02. The third-order valence-electron chi connectivity index (χ3n) is 10.3.